The minimum Gasteiger partial charge on any atom is -0.481 e. The maximum atomic E-state index is 10.8. The molecule has 0 atom stereocenters. The van der Waals surface area contributed by atoms with Gasteiger partial charge in [-0.1, -0.05) is 12.1 Å². The Balaban J connectivity index is 2.42. The number of carbonyl (C=O) groups is 2. The summed E-state index contributed by atoms with van der Waals surface area (Å²) in [6.07, 6.45) is 1.08. The summed E-state index contributed by atoms with van der Waals surface area (Å²) >= 11 is 0. The predicted octanol–water partition coefficient (Wildman–Crippen LogP) is 2.47. The van der Waals surface area contributed by atoms with Crippen molar-refractivity contribution in [2.24, 2.45) is 0 Å². The largest absolute Gasteiger partial charge is 0.481 e. The zero-order chi connectivity index (χ0) is 13.1. The molecule has 5 nitrogen and oxygen atoms in total. The molecular weight excluding hydrogens is 236 g/mol. The van der Waals surface area contributed by atoms with Crippen molar-refractivity contribution in [3.05, 3.63) is 36.1 Å². The summed E-state index contributed by atoms with van der Waals surface area (Å²) in [5, 5.41) is 18.5. The zero-order valence-electron chi connectivity index (χ0n) is 9.50. The molecule has 0 saturated carbocycles. The number of aliphatic carboxylic acids is 2. The number of hydrogen-bond donors (Lipinski definition) is 2. The lowest BCUT2D eigenvalue weighted by Gasteiger charge is -2.13. The molecule has 0 radical (unpaired) electrons. The average Bonchev–Trinajstić information content (AvgIpc) is 2.74. The molecule has 0 spiro atoms. The highest BCUT2D eigenvalue weighted by molar-refractivity contribution is 5.83. The Hall–Kier alpha value is -2.30. The molecule has 1 aromatic heterocycles. The molecule has 0 fully saturated rings. The first kappa shape index (κ1) is 12.2. The second-order valence-corrected chi connectivity index (χ2v) is 4.07. The first-order valence-corrected chi connectivity index (χ1v) is 5.47. The van der Waals surface area contributed by atoms with Crippen LogP contribution in [0.3, 0.4) is 0 Å². The number of carboxylic acids is 2. The van der Waals surface area contributed by atoms with Crippen LogP contribution in [-0.4, -0.2) is 22.2 Å². The van der Waals surface area contributed by atoms with Crippen molar-refractivity contribution >= 4 is 22.9 Å². The summed E-state index contributed by atoms with van der Waals surface area (Å²) in [4.78, 5) is 21.6. The van der Waals surface area contributed by atoms with Gasteiger partial charge >= 0.3 is 11.9 Å². The number of rotatable bonds is 5. The topological polar surface area (TPSA) is 87.7 Å². The number of carboxylic acid groups (broad SMARTS) is 2. The quantitative estimate of drug-likeness (QED) is 0.848. The number of hydrogen-bond acceptors (Lipinski definition) is 3. The fourth-order valence-electron chi connectivity index (χ4n) is 2.09. The monoisotopic (exact) mass is 248 g/mol. The minimum absolute atomic E-state index is 0.212. The van der Waals surface area contributed by atoms with E-state index in [2.05, 4.69) is 0 Å². The normalized spacial score (nSPS) is 10.9. The van der Waals surface area contributed by atoms with E-state index in [1.54, 1.807) is 24.3 Å². The van der Waals surface area contributed by atoms with Gasteiger partial charge in [-0.05, 0) is 17.7 Å². The van der Waals surface area contributed by atoms with Crippen molar-refractivity contribution < 1.29 is 24.2 Å². The van der Waals surface area contributed by atoms with E-state index in [0.29, 0.717) is 11.1 Å². The molecule has 2 aromatic rings. The SMILES string of the molecule is O=C(O)CC(CC(=O)O)c1cccc2occc12. The number of benzene rings is 1. The Kier molecular flexibility index (Phi) is 3.32. The molecule has 0 aliphatic carbocycles. The van der Waals surface area contributed by atoms with Gasteiger partial charge in [0.15, 0.2) is 0 Å². The Labute approximate surface area is 103 Å². The van der Waals surface area contributed by atoms with Crippen LogP contribution in [0, 0.1) is 0 Å². The fourth-order valence-corrected chi connectivity index (χ4v) is 2.09. The fraction of sp³-hybridized carbons (Fsp3) is 0.231. The summed E-state index contributed by atoms with van der Waals surface area (Å²) < 4.78 is 5.22. The molecule has 0 aliphatic heterocycles. The van der Waals surface area contributed by atoms with Gasteiger partial charge in [-0.25, -0.2) is 0 Å². The van der Waals surface area contributed by atoms with Crippen LogP contribution in [0.1, 0.15) is 24.3 Å². The van der Waals surface area contributed by atoms with Crippen LogP contribution in [0.25, 0.3) is 11.0 Å². The molecular formula is C13H12O5. The van der Waals surface area contributed by atoms with Gasteiger partial charge < -0.3 is 14.6 Å². The van der Waals surface area contributed by atoms with Crippen molar-refractivity contribution in [1.82, 2.24) is 0 Å². The van der Waals surface area contributed by atoms with E-state index in [4.69, 9.17) is 14.6 Å². The van der Waals surface area contributed by atoms with Crippen molar-refractivity contribution in [2.45, 2.75) is 18.8 Å². The lowest BCUT2D eigenvalue weighted by atomic mass is 9.90. The highest BCUT2D eigenvalue weighted by Crippen LogP contribution is 2.31. The summed E-state index contributed by atoms with van der Waals surface area (Å²) in [6.45, 7) is 0. The van der Waals surface area contributed by atoms with Gasteiger partial charge in [0, 0.05) is 11.3 Å². The van der Waals surface area contributed by atoms with E-state index in [1.165, 1.54) is 6.26 Å². The van der Waals surface area contributed by atoms with Crippen LogP contribution >= 0.6 is 0 Å². The molecule has 0 saturated heterocycles. The van der Waals surface area contributed by atoms with E-state index < -0.39 is 17.9 Å². The van der Waals surface area contributed by atoms with Crippen LogP contribution in [0.15, 0.2) is 34.9 Å². The van der Waals surface area contributed by atoms with Crippen LogP contribution in [0.2, 0.25) is 0 Å². The van der Waals surface area contributed by atoms with Crippen molar-refractivity contribution in [3.8, 4) is 0 Å². The standard InChI is InChI=1S/C13H12O5/c14-12(15)6-8(7-13(16)17)9-2-1-3-11-10(9)4-5-18-11/h1-5,8H,6-7H2,(H,14,15)(H,16,17). The third-order valence-corrected chi connectivity index (χ3v) is 2.81. The molecule has 1 aromatic carbocycles. The molecule has 1 heterocycles. The smallest absolute Gasteiger partial charge is 0.303 e. The molecule has 2 N–H and O–H groups in total. The summed E-state index contributed by atoms with van der Waals surface area (Å²) in [5.41, 5.74) is 1.33. The van der Waals surface area contributed by atoms with E-state index in [-0.39, 0.29) is 12.8 Å². The van der Waals surface area contributed by atoms with E-state index in [9.17, 15) is 9.59 Å². The average molecular weight is 248 g/mol. The second kappa shape index (κ2) is 4.91. The Bertz CT molecular complexity index is 568. The predicted molar refractivity (Wildman–Crippen MR) is 63.5 cm³/mol. The van der Waals surface area contributed by atoms with Gasteiger partial charge in [-0.15, -0.1) is 0 Å². The van der Waals surface area contributed by atoms with Crippen LogP contribution in [-0.2, 0) is 9.59 Å². The Morgan fingerprint density at radius 2 is 1.78 bits per heavy atom. The first-order chi connectivity index (χ1) is 8.58. The third kappa shape index (κ3) is 2.51. The van der Waals surface area contributed by atoms with Crippen LogP contribution in [0.4, 0.5) is 0 Å². The van der Waals surface area contributed by atoms with Gasteiger partial charge in [-0.3, -0.25) is 9.59 Å². The number of furan rings is 1. The van der Waals surface area contributed by atoms with E-state index >= 15 is 0 Å². The first-order valence-electron chi connectivity index (χ1n) is 5.47. The highest BCUT2D eigenvalue weighted by atomic mass is 16.4. The molecule has 94 valence electrons. The molecule has 0 aliphatic rings. The van der Waals surface area contributed by atoms with Gasteiger partial charge in [0.25, 0.3) is 0 Å². The van der Waals surface area contributed by atoms with Crippen molar-refractivity contribution in [3.63, 3.8) is 0 Å². The molecule has 0 bridgehead atoms. The molecule has 2 rings (SSSR count). The Morgan fingerprint density at radius 3 is 2.39 bits per heavy atom. The highest BCUT2D eigenvalue weighted by Gasteiger charge is 2.21. The summed E-state index contributed by atoms with van der Waals surface area (Å²) in [5.74, 6) is -2.58. The van der Waals surface area contributed by atoms with Crippen LogP contribution in [0.5, 0.6) is 0 Å². The lowest BCUT2D eigenvalue weighted by Crippen LogP contribution is -2.11. The van der Waals surface area contributed by atoms with Gasteiger partial charge in [0.05, 0.1) is 19.1 Å². The third-order valence-electron chi connectivity index (χ3n) is 2.81. The molecule has 0 amide bonds. The van der Waals surface area contributed by atoms with Crippen molar-refractivity contribution in [2.75, 3.05) is 0 Å². The lowest BCUT2D eigenvalue weighted by molar-refractivity contribution is -0.139. The molecule has 18 heavy (non-hydrogen) atoms. The van der Waals surface area contributed by atoms with E-state index in [0.717, 1.165) is 5.39 Å². The number of fused-ring (bicyclic) bond motifs is 1. The maximum absolute atomic E-state index is 10.8. The Morgan fingerprint density at radius 1 is 1.11 bits per heavy atom. The zero-order valence-corrected chi connectivity index (χ0v) is 9.50. The van der Waals surface area contributed by atoms with Crippen molar-refractivity contribution in [1.29, 1.82) is 0 Å². The minimum atomic E-state index is -1.01. The summed E-state index contributed by atoms with van der Waals surface area (Å²) in [7, 11) is 0. The van der Waals surface area contributed by atoms with E-state index in [1.807, 2.05) is 0 Å². The van der Waals surface area contributed by atoms with Gasteiger partial charge in [0.1, 0.15) is 5.58 Å². The van der Waals surface area contributed by atoms with Gasteiger partial charge in [-0.2, -0.15) is 0 Å². The van der Waals surface area contributed by atoms with Crippen LogP contribution < -0.4 is 0 Å². The second-order valence-electron chi connectivity index (χ2n) is 4.07. The summed E-state index contributed by atoms with van der Waals surface area (Å²) in [6, 6.07) is 6.96. The molecule has 5 heteroatoms. The van der Waals surface area contributed by atoms with Gasteiger partial charge in [0.2, 0.25) is 0 Å². The maximum Gasteiger partial charge on any atom is 0.303 e. The molecule has 0 unspecified atom stereocenters.